The Bertz CT molecular complexity index is 691. The van der Waals surface area contributed by atoms with Gasteiger partial charge in [0.05, 0.1) is 31.2 Å². The smallest absolute Gasteiger partial charge is 0.414 e. The standard InChI is InChI=1S/C13H12FN5O3/c14-11-5-9(1-2-12(11)19-4-3-16-17-19)18-7-10(6-15-8-20)22-13(18)21/h1-5,8,10H,6-7H2,(H,15,20). The molecule has 1 aliphatic rings. The molecule has 1 N–H and O–H groups in total. The minimum absolute atomic E-state index is 0.214. The first-order valence-electron chi connectivity index (χ1n) is 6.50. The number of carbonyl (C=O) groups is 2. The molecule has 1 aromatic heterocycles. The molecule has 0 aliphatic carbocycles. The molecule has 0 saturated carbocycles. The monoisotopic (exact) mass is 305 g/mol. The van der Waals surface area contributed by atoms with Crippen molar-refractivity contribution in [1.82, 2.24) is 20.3 Å². The Morgan fingerprint density at radius 1 is 1.50 bits per heavy atom. The molecule has 1 aromatic carbocycles. The van der Waals surface area contributed by atoms with Crippen LogP contribution in [0, 0.1) is 5.82 Å². The van der Waals surface area contributed by atoms with Crippen molar-refractivity contribution in [3.05, 3.63) is 36.4 Å². The molecular weight excluding hydrogens is 293 g/mol. The third kappa shape index (κ3) is 2.60. The van der Waals surface area contributed by atoms with Crippen LogP contribution in [0.3, 0.4) is 0 Å². The van der Waals surface area contributed by atoms with Gasteiger partial charge in [-0.2, -0.15) is 0 Å². The topological polar surface area (TPSA) is 89.4 Å². The zero-order chi connectivity index (χ0) is 15.5. The number of ether oxygens (including phenoxy) is 1. The molecule has 114 valence electrons. The number of cyclic esters (lactones) is 1. The lowest BCUT2D eigenvalue weighted by Crippen LogP contribution is -2.30. The summed E-state index contributed by atoms with van der Waals surface area (Å²) in [6, 6.07) is 4.33. The lowest BCUT2D eigenvalue weighted by atomic mass is 10.2. The molecule has 0 radical (unpaired) electrons. The first-order valence-corrected chi connectivity index (χ1v) is 6.50. The van der Waals surface area contributed by atoms with Gasteiger partial charge < -0.3 is 10.1 Å². The lowest BCUT2D eigenvalue weighted by molar-refractivity contribution is -0.109. The van der Waals surface area contributed by atoms with Gasteiger partial charge in [0, 0.05) is 0 Å². The number of anilines is 1. The van der Waals surface area contributed by atoms with E-state index in [1.165, 1.54) is 34.1 Å². The molecule has 2 amide bonds. The summed E-state index contributed by atoms with van der Waals surface area (Å²) in [6.45, 7) is 0.451. The Hall–Kier alpha value is -2.97. The van der Waals surface area contributed by atoms with Crippen molar-refractivity contribution in [2.24, 2.45) is 0 Å². The maximum absolute atomic E-state index is 14.2. The fourth-order valence-corrected chi connectivity index (χ4v) is 2.20. The number of hydrogen-bond donors (Lipinski definition) is 1. The first-order chi connectivity index (χ1) is 10.7. The van der Waals surface area contributed by atoms with Crippen molar-refractivity contribution in [2.45, 2.75) is 6.10 Å². The van der Waals surface area contributed by atoms with Crippen molar-refractivity contribution < 1.29 is 18.7 Å². The molecule has 1 aliphatic heterocycles. The molecule has 1 saturated heterocycles. The summed E-state index contributed by atoms with van der Waals surface area (Å²) in [4.78, 5) is 23.4. The number of carbonyl (C=O) groups excluding carboxylic acids is 2. The van der Waals surface area contributed by atoms with Crippen LogP contribution in [0.15, 0.2) is 30.6 Å². The molecule has 0 bridgehead atoms. The summed E-state index contributed by atoms with van der Waals surface area (Å²) in [7, 11) is 0. The molecule has 0 spiro atoms. The molecular formula is C13H12FN5O3. The average molecular weight is 305 g/mol. The van der Waals surface area contributed by atoms with E-state index < -0.39 is 18.0 Å². The van der Waals surface area contributed by atoms with E-state index in [2.05, 4.69) is 15.6 Å². The second kappa shape index (κ2) is 5.80. The first kappa shape index (κ1) is 14.0. The minimum Gasteiger partial charge on any atom is -0.442 e. The van der Waals surface area contributed by atoms with Gasteiger partial charge in [0.25, 0.3) is 0 Å². The van der Waals surface area contributed by atoms with Crippen molar-refractivity contribution in [2.75, 3.05) is 18.0 Å². The molecule has 1 fully saturated rings. The number of aromatic nitrogens is 3. The number of hydrogen-bond acceptors (Lipinski definition) is 5. The van der Waals surface area contributed by atoms with Gasteiger partial charge in [-0.15, -0.1) is 5.10 Å². The summed E-state index contributed by atoms with van der Waals surface area (Å²) in [6.07, 6.45) is 2.45. The van der Waals surface area contributed by atoms with Crippen LogP contribution >= 0.6 is 0 Å². The van der Waals surface area contributed by atoms with Crippen LogP contribution in [-0.4, -0.2) is 46.7 Å². The van der Waals surface area contributed by atoms with E-state index in [0.29, 0.717) is 12.1 Å². The molecule has 8 nitrogen and oxygen atoms in total. The number of halogens is 1. The highest BCUT2D eigenvalue weighted by atomic mass is 19.1. The van der Waals surface area contributed by atoms with Gasteiger partial charge in [-0.05, 0) is 18.2 Å². The molecule has 2 heterocycles. The van der Waals surface area contributed by atoms with Gasteiger partial charge in [-0.1, -0.05) is 5.21 Å². The predicted molar refractivity (Wildman–Crippen MR) is 73.0 cm³/mol. The highest BCUT2D eigenvalue weighted by Crippen LogP contribution is 2.25. The number of nitrogens with zero attached hydrogens (tertiary/aromatic N) is 4. The molecule has 2 aromatic rings. The van der Waals surface area contributed by atoms with Crippen molar-refractivity contribution in [3.63, 3.8) is 0 Å². The number of rotatable bonds is 5. The quantitative estimate of drug-likeness (QED) is 0.811. The summed E-state index contributed by atoms with van der Waals surface area (Å²) >= 11 is 0. The van der Waals surface area contributed by atoms with Crippen molar-refractivity contribution >= 4 is 18.2 Å². The molecule has 1 atom stereocenters. The summed E-state index contributed by atoms with van der Waals surface area (Å²) in [5.74, 6) is -0.537. The molecule has 22 heavy (non-hydrogen) atoms. The number of nitrogens with one attached hydrogen (secondary N) is 1. The second-order valence-electron chi connectivity index (χ2n) is 4.63. The predicted octanol–water partition coefficient (Wildman–Crippen LogP) is 0.478. The SMILES string of the molecule is O=CNCC1CN(c2ccc(-n3ccnn3)c(F)c2)C(=O)O1. The van der Waals surface area contributed by atoms with Gasteiger partial charge in [0.2, 0.25) is 6.41 Å². The normalized spacial score (nSPS) is 17.4. The van der Waals surface area contributed by atoms with Gasteiger partial charge >= 0.3 is 6.09 Å². The Labute approximate surface area is 124 Å². The highest BCUT2D eigenvalue weighted by Gasteiger charge is 2.32. The number of amides is 2. The minimum atomic E-state index is -0.578. The Balaban J connectivity index is 1.79. The zero-order valence-electron chi connectivity index (χ0n) is 11.3. The van der Waals surface area contributed by atoms with Gasteiger partial charge in [-0.25, -0.2) is 13.9 Å². The van der Waals surface area contributed by atoms with Gasteiger partial charge in [-0.3, -0.25) is 9.69 Å². The third-order valence-electron chi connectivity index (χ3n) is 3.22. The Kier molecular flexibility index (Phi) is 3.69. The van der Waals surface area contributed by atoms with E-state index in [4.69, 9.17) is 4.74 Å². The van der Waals surface area contributed by atoms with Crippen LogP contribution in [0.1, 0.15) is 0 Å². The van der Waals surface area contributed by atoms with Crippen LogP contribution in [0.5, 0.6) is 0 Å². The van der Waals surface area contributed by atoms with Crippen LogP contribution < -0.4 is 10.2 Å². The Morgan fingerprint density at radius 2 is 2.36 bits per heavy atom. The van der Waals surface area contributed by atoms with E-state index in [9.17, 15) is 14.0 Å². The lowest BCUT2D eigenvalue weighted by Gasteiger charge is -2.14. The third-order valence-corrected chi connectivity index (χ3v) is 3.22. The van der Waals surface area contributed by atoms with Crippen LogP contribution in [-0.2, 0) is 9.53 Å². The molecule has 1 unspecified atom stereocenters. The van der Waals surface area contributed by atoms with Crippen LogP contribution in [0.25, 0.3) is 5.69 Å². The van der Waals surface area contributed by atoms with Crippen LogP contribution in [0.4, 0.5) is 14.9 Å². The largest absolute Gasteiger partial charge is 0.442 e. The molecule has 9 heteroatoms. The fourth-order valence-electron chi connectivity index (χ4n) is 2.20. The summed E-state index contributed by atoms with van der Waals surface area (Å²) in [5.41, 5.74) is 0.605. The highest BCUT2D eigenvalue weighted by molar-refractivity contribution is 5.89. The maximum atomic E-state index is 14.2. The van der Waals surface area contributed by atoms with E-state index in [1.807, 2.05) is 0 Å². The Morgan fingerprint density at radius 3 is 3.05 bits per heavy atom. The fraction of sp³-hybridized carbons (Fsp3) is 0.231. The van der Waals surface area contributed by atoms with E-state index in [-0.39, 0.29) is 18.8 Å². The van der Waals surface area contributed by atoms with E-state index >= 15 is 0 Å². The van der Waals surface area contributed by atoms with Crippen LogP contribution in [0.2, 0.25) is 0 Å². The van der Waals surface area contributed by atoms with Crippen molar-refractivity contribution in [3.8, 4) is 5.69 Å². The molecule has 3 rings (SSSR count). The van der Waals surface area contributed by atoms with Gasteiger partial charge in [0.1, 0.15) is 11.8 Å². The number of benzene rings is 1. The van der Waals surface area contributed by atoms with E-state index in [0.717, 1.165) is 0 Å². The maximum Gasteiger partial charge on any atom is 0.414 e. The second-order valence-corrected chi connectivity index (χ2v) is 4.63. The van der Waals surface area contributed by atoms with Crippen molar-refractivity contribution in [1.29, 1.82) is 0 Å². The van der Waals surface area contributed by atoms with E-state index in [1.54, 1.807) is 6.07 Å². The summed E-state index contributed by atoms with van der Waals surface area (Å²) in [5, 5.41) is 9.78. The zero-order valence-corrected chi connectivity index (χ0v) is 11.3. The van der Waals surface area contributed by atoms with Gasteiger partial charge in [0.15, 0.2) is 5.82 Å². The average Bonchev–Trinajstić information content (AvgIpc) is 3.14. The summed E-state index contributed by atoms with van der Waals surface area (Å²) < 4.78 is 20.5.